The van der Waals surface area contributed by atoms with Gasteiger partial charge in [0.2, 0.25) is 0 Å². The smallest absolute Gasteiger partial charge is 0.416 e. The molecule has 0 bridgehead atoms. The second-order valence-corrected chi connectivity index (χ2v) is 10.7. The van der Waals surface area contributed by atoms with Crippen molar-refractivity contribution < 1.29 is 36.2 Å². The molecule has 0 aliphatic carbocycles. The normalized spacial score (nSPS) is 19.2. The van der Waals surface area contributed by atoms with Crippen LogP contribution in [-0.2, 0) is 23.7 Å². The molecule has 0 amide bonds. The molecule has 37 heavy (non-hydrogen) atoms. The molecule has 1 N–H and O–H groups in total. The van der Waals surface area contributed by atoms with Gasteiger partial charge in [-0.05, 0) is 66.1 Å². The highest BCUT2D eigenvalue weighted by Gasteiger charge is 2.34. The van der Waals surface area contributed by atoms with Crippen LogP contribution >= 0.6 is 0 Å². The van der Waals surface area contributed by atoms with Crippen LogP contribution in [0.5, 0.6) is 0 Å². The van der Waals surface area contributed by atoms with Crippen molar-refractivity contribution in [3.63, 3.8) is 0 Å². The third-order valence-electron chi connectivity index (χ3n) is 6.64. The maximum Gasteiger partial charge on any atom is 0.416 e. The number of rotatable bonds is 5. The molecule has 2 unspecified atom stereocenters. The van der Waals surface area contributed by atoms with Crippen LogP contribution < -0.4 is 0 Å². The van der Waals surface area contributed by atoms with Gasteiger partial charge < -0.3 is 5.11 Å². The monoisotopic (exact) mass is 531 g/mol. The number of alkyl halides is 6. The molecule has 1 saturated heterocycles. The van der Waals surface area contributed by atoms with Crippen LogP contribution in [-0.4, -0.2) is 22.5 Å². The van der Waals surface area contributed by atoms with E-state index in [0.29, 0.717) is 42.5 Å². The van der Waals surface area contributed by atoms with Gasteiger partial charge in [0.25, 0.3) is 0 Å². The molecule has 0 spiro atoms. The van der Waals surface area contributed by atoms with Gasteiger partial charge in [0, 0.05) is 19.0 Å². The molecule has 3 rings (SSSR count). The Kier molecular flexibility index (Phi) is 10.2. The van der Waals surface area contributed by atoms with Gasteiger partial charge in [-0.2, -0.15) is 26.3 Å². The molecule has 0 saturated carbocycles. The lowest BCUT2D eigenvalue weighted by molar-refractivity contribution is -0.139. The van der Waals surface area contributed by atoms with Crippen LogP contribution in [0.25, 0.3) is 0 Å². The number of likely N-dealkylation sites (tertiary alicyclic amines) is 1. The van der Waals surface area contributed by atoms with E-state index in [0.717, 1.165) is 24.3 Å². The van der Waals surface area contributed by atoms with Crippen LogP contribution in [0.15, 0.2) is 48.5 Å². The Hall–Kier alpha value is -2.55. The third kappa shape index (κ3) is 10.0. The van der Waals surface area contributed by atoms with Crippen molar-refractivity contribution in [3.8, 4) is 0 Å². The van der Waals surface area contributed by atoms with Crippen LogP contribution in [0.3, 0.4) is 0 Å². The lowest BCUT2D eigenvalue weighted by Crippen LogP contribution is -2.37. The fourth-order valence-corrected chi connectivity index (χ4v) is 3.98. The molecule has 0 radical (unpaired) electrons. The maximum atomic E-state index is 12.9. The summed E-state index contributed by atoms with van der Waals surface area (Å²) < 4.78 is 77.0. The Morgan fingerprint density at radius 3 is 1.76 bits per heavy atom. The van der Waals surface area contributed by atoms with Gasteiger partial charge in [-0.15, -0.1) is 0 Å². The molecule has 3 nitrogen and oxygen atoms in total. The summed E-state index contributed by atoms with van der Waals surface area (Å²) in [6.07, 6.45) is -6.63. The molecule has 206 valence electrons. The first-order chi connectivity index (χ1) is 17.0. The Labute approximate surface area is 214 Å². The highest BCUT2D eigenvalue weighted by molar-refractivity contribution is 5.67. The molecule has 1 heterocycles. The van der Waals surface area contributed by atoms with Gasteiger partial charge in [0.05, 0.1) is 11.1 Å². The van der Waals surface area contributed by atoms with Gasteiger partial charge in [-0.25, -0.2) is 0 Å². The fourth-order valence-electron chi connectivity index (χ4n) is 3.98. The average Bonchev–Trinajstić information content (AvgIpc) is 2.79. The Morgan fingerprint density at radius 1 is 0.892 bits per heavy atom. The zero-order valence-corrected chi connectivity index (χ0v) is 21.6. The summed E-state index contributed by atoms with van der Waals surface area (Å²) in [6.45, 7) is 9.74. The molecule has 2 aromatic carbocycles. The van der Waals surface area contributed by atoms with Crippen molar-refractivity contribution in [2.24, 2.45) is 11.3 Å². The predicted octanol–water partition coefficient (Wildman–Crippen LogP) is 8.59. The van der Waals surface area contributed by atoms with E-state index in [9.17, 15) is 31.1 Å². The van der Waals surface area contributed by atoms with E-state index in [2.05, 4.69) is 27.7 Å². The molecule has 2 aromatic rings. The summed E-state index contributed by atoms with van der Waals surface area (Å²) in [4.78, 5) is 13.1. The second-order valence-electron chi connectivity index (χ2n) is 10.7. The summed E-state index contributed by atoms with van der Waals surface area (Å²) in [5.41, 5.74) is 0.274. The van der Waals surface area contributed by atoms with Crippen LogP contribution in [0, 0.1) is 11.3 Å². The SMILES string of the molecule is CCC(C)(C)C.O=C(O)CC1CCN(Cc2ccc(C(F)(F)F)cc2)C(c2ccc(C(F)(F)F)cc2)C1. The predicted molar refractivity (Wildman–Crippen MR) is 131 cm³/mol. The largest absolute Gasteiger partial charge is 0.481 e. The van der Waals surface area contributed by atoms with Gasteiger partial charge in [0.1, 0.15) is 0 Å². The zero-order chi connectivity index (χ0) is 28.0. The molecular weight excluding hydrogens is 496 g/mol. The fraction of sp³-hybridized carbons (Fsp3) is 0.536. The third-order valence-corrected chi connectivity index (χ3v) is 6.64. The minimum Gasteiger partial charge on any atom is -0.481 e. The first-order valence-corrected chi connectivity index (χ1v) is 12.3. The number of hydrogen-bond acceptors (Lipinski definition) is 2. The molecule has 0 aromatic heterocycles. The lowest BCUT2D eigenvalue weighted by atomic mass is 9.84. The molecule has 1 fully saturated rings. The highest BCUT2D eigenvalue weighted by Crippen LogP contribution is 2.38. The number of hydrogen-bond donors (Lipinski definition) is 1. The molecule has 1 aliphatic rings. The zero-order valence-electron chi connectivity index (χ0n) is 21.6. The minimum absolute atomic E-state index is 0.0365. The van der Waals surface area contributed by atoms with Crippen LogP contribution in [0.4, 0.5) is 26.3 Å². The van der Waals surface area contributed by atoms with E-state index in [1.54, 1.807) is 0 Å². The van der Waals surface area contributed by atoms with Crippen molar-refractivity contribution in [3.05, 3.63) is 70.8 Å². The van der Waals surface area contributed by atoms with E-state index in [4.69, 9.17) is 5.11 Å². The number of piperidine rings is 1. The van der Waals surface area contributed by atoms with Crippen LogP contribution in [0.2, 0.25) is 0 Å². The second kappa shape index (κ2) is 12.3. The number of nitrogens with zero attached hydrogens (tertiary/aromatic N) is 1. The first-order valence-electron chi connectivity index (χ1n) is 12.3. The van der Waals surface area contributed by atoms with E-state index in [1.807, 2.05) is 4.90 Å². The van der Waals surface area contributed by atoms with Crippen molar-refractivity contribution in [2.75, 3.05) is 6.54 Å². The Bertz CT molecular complexity index is 992. The Balaban J connectivity index is 0.000000717. The van der Waals surface area contributed by atoms with Gasteiger partial charge >= 0.3 is 18.3 Å². The molecule has 1 aliphatic heterocycles. The van der Waals surface area contributed by atoms with Crippen molar-refractivity contribution in [2.45, 2.75) is 78.3 Å². The van der Waals surface area contributed by atoms with E-state index in [-0.39, 0.29) is 18.4 Å². The lowest BCUT2D eigenvalue weighted by Gasteiger charge is -2.39. The quantitative estimate of drug-likeness (QED) is 0.393. The number of carboxylic acid groups (broad SMARTS) is 1. The summed E-state index contributed by atoms with van der Waals surface area (Å²) in [5, 5.41) is 9.11. The van der Waals surface area contributed by atoms with Crippen LogP contribution in [0.1, 0.15) is 81.7 Å². The van der Waals surface area contributed by atoms with Gasteiger partial charge in [0.15, 0.2) is 0 Å². The Morgan fingerprint density at radius 2 is 1.35 bits per heavy atom. The first kappa shape index (κ1) is 30.7. The van der Waals surface area contributed by atoms with E-state index in [1.165, 1.54) is 30.7 Å². The molecule has 9 heteroatoms. The molecule has 2 atom stereocenters. The number of carboxylic acids is 1. The maximum absolute atomic E-state index is 12.9. The van der Waals surface area contributed by atoms with E-state index < -0.39 is 29.4 Å². The van der Waals surface area contributed by atoms with Crippen molar-refractivity contribution >= 4 is 5.97 Å². The summed E-state index contributed by atoms with van der Waals surface area (Å²) in [7, 11) is 0. The summed E-state index contributed by atoms with van der Waals surface area (Å²) in [6, 6.07) is 9.19. The van der Waals surface area contributed by atoms with Gasteiger partial charge in [-0.1, -0.05) is 58.4 Å². The topological polar surface area (TPSA) is 40.5 Å². The van der Waals surface area contributed by atoms with Crippen molar-refractivity contribution in [1.82, 2.24) is 4.90 Å². The summed E-state index contributed by atoms with van der Waals surface area (Å²) in [5.74, 6) is -1.07. The standard InChI is InChI=1S/C22H21F6NO2.C6H14/c23-21(24,25)17-5-1-14(2-6-17)13-29-10-9-15(12-20(30)31)11-19(29)16-3-7-18(8-4-16)22(26,27)28;1-5-6(2,3)4/h1-8,15,19H,9-13H2,(H,30,31);5H2,1-4H3. The number of aliphatic carboxylic acids is 1. The van der Waals surface area contributed by atoms with E-state index >= 15 is 0 Å². The summed E-state index contributed by atoms with van der Waals surface area (Å²) >= 11 is 0. The molecular formula is C28H35F6NO2. The number of carbonyl (C=O) groups is 1. The minimum atomic E-state index is -4.46. The highest BCUT2D eigenvalue weighted by atomic mass is 19.4. The van der Waals surface area contributed by atoms with Crippen molar-refractivity contribution in [1.29, 1.82) is 0 Å². The number of halogens is 6. The average molecular weight is 532 g/mol. The number of benzene rings is 2. The van der Waals surface area contributed by atoms with Gasteiger partial charge in [-0.3, -0.25) is 9.69 Å².